The van der Waals surface area contributed by atoms with Crippen LogP contribution in [-0.4, -0.2) is 0 Å². The van der Waals surface area contributed by atoms with Crippen molar-refractivity contribution in [3.05, 3.63) is 65.2 Å². The fraction of sp³-hybridized carbons (Fsp3) is 0.500. The maximum atomic E-state index is 5.89. The van der Waals surface area contributed by atoms with Crippen LogP contribution in [0.25, 0.3) is 0 Å². The summed E-state index contributed by atoms with van der Waals surface area (Å²) in [5, 5.41) is 0. The molecule has 0 saturated carbocycles. The van der Waals surface area contributed by atoms with Crippen molar-refractivity contribution in [3.63, 3.8) is 0 Å². The van der Waals surface area contributed by atoms with Crippen molar-refractivity contribution in [1.29, 1.82) is 0 Å². The highest BCUT2D eigenvalue weighted by molar-refractivity contribution is 5.43. The Labute approximate surface area is 154 Å². The largest absolute Gasteiger partial charge is 0.399 e. The Bertz CT molecular complexity index is 582. The van der Waals surface area contributed by atoms with Crippen LogP contribution in [0.1, 0.15) is 87.8 Å². The van der Waals surface area contributed by atoms with E-state index < -0.39 is 0 Å². The lowest BCUT2D eigenvalue weighted by Gasteiger charge is -2.19. The number of aryl methyl sites for hydroxylation is 1. The van der Waals surface area contributed by atoms with Gasteiger partial charge in [0.1, 0.15) is 0 Å². The van der Waals surface area contributed by atoms with E-state index in [0.29, 0.717) is 5.92 Å². The number of nitrogens with two attached hydrogens (primary N) is 1. The van der Waals surface area contributed by atoms with Crippen LogP contribution in [0.3, 0.4) is 0 Å². The quantitative estimate of drug-likeness (QED) is 0.343. The summed E-state index contributed by atoms with van der Waals surface area (Å²) in [6.07, 6.45) is 11.7. The lowest BCUT2D eigenvalue weighted by atomic mass is 9.86. The van der Waals surface area contributed by atoms with Gasteiger partial charge in [-0.1, -0.05) is 95.2 Å². The zero-order valence-electron chi connectivity index (χ0n) is 16.1. The van der Waals surface area contributed by atoms with Crippen molar-refractivity contribution >= 4 is 5.69 Å². The second kappa shape index (κ2) is 11.0. The van der Waals surface area contributed by atoms with Gasteiger partial charge in [0.05, 0.1) is 0 Å². The molecule has 0 amide bonds. The molecule has 0 aromatic heterocycles. The SMILES string of the molecule is CCCCCCCCC(c1ccc(N)cc1)c1ccc(CCC)cc1. The van der Waals surface area contributed by atoms with Gasteiger partial charge in [0.2, 0.25) is 0 Å². The lowest BCUT2D eigenvalue weighted by Crippen LogP contribution is -2.02. The predicted octanol–water partition coefficient (Wildman–Crippen LogP) is 7.10. The normalized spacial score (nSPS) is 12.2. The summed E-state index contributed by atoms with van der Waals surface area (Å²) in [5.74, 6) is 0.488. The molecule has 0 saturated heterocycles. The first-order chi connectivity index (χ1) is 12.2. The van der Waals surface area contributed by atoms with Gasteiger partial charge in [-0.2, -0.15) is 0 Å². The van der Waals surface area contributed by atoms with Crippen LogP contribution in [0.15, 0.2) is 48.5 Å². The Hall–Kier alpha value is -1.76. The van der Waals surface area contributed by atoms with E-state index in [4.69, 9.17) is 5.73 Å². The summed E-state index contributed by atoms with van der Waals surface area (Å²) in [5.41, 5.74) is 11.0. The van der Waals surface area contributed by atoms with Crippen molar-refractivity contribution in [2.45, 2.75) is 77.6 Å². The molecule has 25 heavy (non-hydrogen) atoms. The Morgan fingerprint density at radius 1 is 0.680 bits per heavy atom. The number of anilines is 1. The number of rotatable bonds is 11. The van der Waals surface area contributed by atoms with Crippen molar-refractivity contribution in [2.24, 2.45) is 0 Å². The van der Waals surface area contributed by atoms with Gasteiger partial charge in [-0.15, -0.1) is 0 Å². The first-order valence-corrected chi connectivity index (χ1v) is 10.2. The molecule has 136 valence electrons. The molecule has 0 aliphatic rings. The fourth-order valence-corrected chi connectivity index (χ4v) is 3.59. The van der Waals surface area contributed by atoms with Crippen molar-refractivity contribution in [2.75, 3.05) is 5.73 Å². The molecule has 2 rings (SSSR count). The monoisotopic (exact) mass is 337 g/mol. The van der Waals surface area contributed by atoms with Crippen molar-refractivity contribution in [1.82, 2.24) is 0 Å². The highest BCUT2D eigenvalue weighted by Crippen LogP contribution is 2.31. The van der Waals surface area contributed by atoms with E-state index in [0.717, 1.165) is 5.69 Å². The van der Waals surface area contributed by atoms with E-state index in [1.165, 1.54) is 74.5 Å². The van der Waals surface area contributed by atoms with Gasteiger partial charge < -0.3 is 5.73 Å². The highest BCUT2D eigenvalue weighted by Gasteiger charge is 2.14. The van der Waals surface area contributed by atoms with E-state index in [2.05, 4.69) is 50.2 Å². The van der Waals surface area contributed by atoms with Gasteiger partial charge in [-0.3, -0.25) is 0 Å². The van der Waals surface area contributed by atoms with Crippen molar-refractivity contribution in [3.8, 4) is 0 Å². The first kappa shape index (κ1) is 19.6. The standard InChI is InChI=1S/C24H35N/c1-3-5-6-7-8-9-11-24(22-16-18-23(25)19-17-22)21-14-12-20(10-4-2)13-15-21/h12-19,24H,3-11,25H2,1-2H3. The van der Waals surface area contributed by atoms with Gasteiger partial charge in [-0.05, 0) is 41.7 Å². The molecule has 0 heterocycles. The minimum atomic E-state index is 0.488. The van der Waals surface area contributed by atoms with Crippen LogP contribution in [0, 0.1) is 0 Å². The minimum absolute atomic E-state index is 0.488. The van der Waals surface area contributed by atoms with Gasteiger partial charge in [0.25, 0.3) is 0 Å². The zero-order chi connectivity index (χ0) is 17.9. The summed E-state index contributed by atoms with van der Waals surface area (Å²) < 4.78 is 0. The molecule has 2 N–H and O–H groups in total. The second-order valence-corrected chi connectivity index (χ2v) is 7.27. The summed E-state index contributed by atoms with van der Waals surface area (Å²) in [4.78, 5) is 0. The fourth-order valence-electron chi connectivity index (χ4n) is 3.59. The van der Waals surface area contributed by atoms with Crippen LogP contribution in [-0.2, 0) is 6.42 Å². The van der Waals surface area contributed by atoms with Crippen LogP contribution < -0.4 is 5.73 Å². The number of hydrogen-bond donors (Lipinski definition) is 1. The third-order valence-corrected chi connectivity index (χ3v) is 5.11. The number of unbranched alkanes of at least 4 members (excludes halogenated alkanes) is 5. The molecule has 0 aliphatic carbocycles. The number of benzene rings is 2. The summed E-state index contributed by atoms with van der Waals surface area (Å²) in [6, 6.07) is 17.8. The van der Waals surface area contributed by atoms with Gasteiger partial charge >= 0.3 is 0 Å². The van der Waals surface area contributed by atoms with Crippen molar-refractivity contribution < 1.29 is 0 Å². The molecular weight excluding hydrogens is 302 g/mol. The Morgan fingerprint density at radius 2 is 1.24 bits per heavy atom. The maximum absolute atomic E-state index is 5.89. The summed E-state index contributed by atoms with van der Waals surface area (Å²) in [7, 11) is 0. The molecule has 2 aromatic rings. The first-order valence-electron chi connectivity index (χ1n) is 10.2. The Kier molecular flexibility index (Phi) is 8.59. The average molecular weight is 338 g/mol. The Balaban J connectivity index is 2.04. The van der Waals surface area contributed by atoms with Gasteiger partial charge in [-0.25, -0.2) is 0 Å². The second-order valence-electron chi connectivity index (χ2n) is 7.27. The summed E-state index contributed by atoms with van der Waals surface area (Å²) in [6.45, 7) is 4.52. The predicted molar refractivity (Wildman–Crippen MR) is 111 cm³/mol. The van der Waals surface area contributed by atoms with E-state index in [1.54, 1.807) is 0 Å². The third kappa shape index (κ3) is 6.57. The molecule has 1 nitrogen and oxygen atoms in total. The lowest BCUT2D eigenvalue weighted by molar-refractivity contribution is 0.568. The van der Waals surface area contributed by atoms with Crippen LogP contribution in [0.4, 0.5) is 5.69 Å². The maximum Gasteiger partial charge on any atom is 0.0314 e. The molecule has 1 unspecified atom stereocenters. The number of nitrogen functional groups attached to an aromatic ring is 1. The molecule has 0 spiro atoms. The number of hydrogen-bond acceptors (Lipinski definition) is 1. The van der Waals surface area contributed by atoms with Gasteiger partial charge in [0, 0.05) is 11.6 Å². The van der Waals surface area contributed by atoms with Crippen LogP contribution in [0.2, 0.25) is 0 Å². The Morgan fingerprint density at radius 3 is 1.84 bits per heavy atom. The molecule has 2 aromatic carbocycles. The van der Waals surface area contributed by atoms with E-state index in [9.17, 15) is 0 Å². The molecule has 1 heteroatoms. The van der Waals surface area contributed by atoms with E-state index >= 15 is 0 Å². The van der Waals surface area contributed by atoms with E-state index in [-0.39, 0.29) is 0 Å². The molecular formula is C24H35N. The molecule has 0 radical (unpaired) electrons. The topological polar surface area (TPSA) is 26.0 Å². The van der Waals surface area contributed by atoms with Gasteiger partial charge in [0.15, 0.2) is 0 Å². The molecule has 0 fully saturated rings. The zero-order valence-corrected chi connectivity index (χ0v) is 16.1. The van der Waals surface area contributed by atoms with Crippen LogP contribution in [0.5, 0.6) is 0 Å². The molecule has 1 atom stereocenters. The smallest absolute Gasteiger partial charge is 0.0314 e. The molecule has 0 aliphatic heterocycles. The third-order valence-electron chi connectivity index (χ3n) is 5.11. The van der Waals surface area contributed by atoms with E-state index in [1.807, 2.05) is 12.1 Å². The molecule has 0 bridgehead atoms. The van der Waals surface area contributed by atoms with Crippen LogP contribution >= 0.6 is 0 Å². The average Bonchev–Trinajstić information content (AvgIpc) is 2.63. The highest BCUT2D eigenvalue weighted by atomic mass is 14.5. The minimum Gasteiger partial charge on any atom is -0.399 e. The summed E-state index contributed by atoms with van der Waals surface area (Å²) >= 11 is 0.